The van der Waals surface area contributed by atoms with Crippen molar-refractivity contribution < 1.29 is 6.11 Å². The molecule has 0 saturated carbocycles. The molecule has 0 radical (unpaired) electrons. The average Bonchev–Trinajstić information content (AvgIpc) is 2.39. The molecule has 2 aromatic carbocycles. The molecule has 1 unspecified atom stereocenters. The van der Waals surface area contributed by atoms with Crippen LogP contribution in [0.4, 0.5) is 0 Å². The van der Waals surface area contributed by atoms with E-state index in [0.29, 0.717) is 0 Å². The van der Waals surface area contributed by atoms with E-state index in [1.54, 1.807) is 0 Å². The summed E-state index contributed by atoms with van der Waals surface area (Å²) >= 11 is 0. The molecule has 18 heavy (non-hydrogen) atoms. The van der Waals surface area contributed by atoms with E-state index in [1.165, 1.54) is 5.56 Å². The Morgan fingerprint density at radius 3 is 2.11 bits per heavy atom. The molecule has 0 aliphatic rings. The standard InChI is InChI=1S/C17H20O/c1-17(2,3)15-9-11-16(12-10-15)18-13-14-7-5-4-6-8-14/h4-12H,13H2,1-3H3/i13D. The molecule has 0 aliphatic carbocycles. The third-order valence-electron chi connectivity index (χ3n) is 2.85. The summed E-state index contributed by atoms with van der Waals surface area (Å²) in [6.45, 7) is 5.86. The van der Waals surface area contributed by atoms with E-state index in [4.69, 9.17) is 6.11 Å². The van der Waals surface area contributed by atoms with Crippen LogP contribution in [0, 0.1) is 0 Å². The number of benzene rings is 2. The van der Waals surface area contributed by atoms with E-state index in [9.17, 15) is 0 Å². The first kappa shape index (κ1) is 11.3. The Morgan fingerprint density at radius 1 is 0.944 bits per heavy atom. The monoisotopic (exact) mass is 241 g/mol. The van der Waals surface area contributed by atoms with Gasteiger partial charge in [-0.3, -0.25) is 0 Å². The summed E-state index contributed by atoms with van der Waals surface area (Å²) in [4.78, 5) is 0. The van der Waals surface area contributed by atoms with Crippen molar-refractivity contribution in [1.29, 1.82) is 0 Å². The maximum Gasteiger partial charge on any atom is 0.119 e. The minimum atomic E-state index is -0.679. The molecule has 1 atom stereocenters. The van der Waals surface area contributed by atoms with Gasteiger partial charge in [0.25, 0.3) is 0 Å². The van der Waals surface area contributed by atoms with Crippen LogP contribution in [0.25, 0.3) is 0 Å². The number of hydrogen-bond donors (Lipinski definition) is 0. The highest BCUT2D eigenvalue weighted by atomic mass is 16.5. The van der Waals surface area contributed by atoms with Crippen molar-refractivity contribution in [2.75, 3.05) is 0 Å². The van der Waals surface area contributed by atoms with Gasteiger partial charge in [-0.15, -0.1) is 0 Å². The van der Waals surface area contributed by atoms with Gasteiger partial charge < -0.3 is 4.74 Å². The number of hydrogen-bond acceptors (Lipinski definition) is 1. The van der Waals surface area contributed by atoms with Gasteiger partial charge in [0.1, 0.15) is 12.3 Å². The Morgan fingerprint density at radius 2 is 1.56 bits per heavy atom. The predicted octanol–water partition coefficient (Wildman–Crippen LogP) is 4.56. The molecule has 0 aromatic heterocycles. The van der Waals surface area contributed by atoms with Crippen LogP contribution in [0.1, 0.15) is 33.3 Å². The van der Waals surface area contributed by atoms with Crippen LogP contribution in [0.5, 0.6) is 5.75 Å². The Balaban J connectivity index is 2.08. The summed E-state index contributed by atoms with van der Waals surface area (Å²) in [6.07, 6.45) is 0. The minimum absolute atomic E-state index is 0.137. The zero-order chi connectivity index (χ0) is 13.9. The van der Waals surface area contributed by atoms with Gasteiger partial charge in [0, 0.05) is 0 Å². The molecule has 0 saturated heterocycles. The Bertz CT molecular complexity index is 511. The van der Waals surface area contributed by atoms with Crippen molar-refractivity contribution in [3.05, 3.63) is 65.7 Å². The number of rotatable bonds is 3. The predicted molar refractivity (Wildman–Crippen MR) is 75.9 cm³/mol. The van der Waals surface area contributed by atoms with Gasteiger partial charge in [-0.1, -0.05) is 63.2 Å². The highest BCUT2D eigenvalue weighted by Crippen LogP contribution is 2.24. The highest BCUT2D eigenvalue weighted by Gasteiger charge is 2.12. The molecule has 0 amide bonds. The Labute approximate surface area is 111 Å². The van der Waals surface area contributed by atoms with Crippen LogP contribution < -0.4 is 4.74 Å². The van der Waals surface area contributed by atoms with Gasteiger partial charge in [-0.25, -0.2) is 0 Å². The Kier molecular flexibility index (Phi) is 3.31. The molecule has 0 bridgehead atoms. The fraction of sp³-hybridized carbons (Fsp3) is 0.294. The molecule has 94 valence electrons. The van der Waals surface area contributed by atoms with Crippen molar-refractivity contribution in [2.24, 2.45) is 0 Å². The van der Waals surface area contributed by atoms with E-state index < -0.39 is 6.58 Å². The largest absolute Gasteiger partial charge is 0.489 e. The highest BCUT2D eigenvalue weighted by molar-refractivity contribution is 5.31. The minimum Gasteiger partial charge on any atom is -0.489 e. The van der Waals surface area contributed by atoms with Gasteiger partial charge in [-0.05, 0) is 28.7 Å². The van der Waals surface area contributed by atoms with E-state index in [2.05, 4.69) is 32.9 Å². The summed E-state index contributed by atoms with van der Waals surface area (Å²) in [5.41, 5.74) is 2.27. The maximum absolute atomic E-state index is 8.00. The van der Waals surface area contributed by atoms with Crippen LogP contribution in [-0.2, 0) is 12.0 Å². The molecule has 1 nitrogen and oxygen atoms in total. The summed E-state index contributed by atoms with van der Waals surface area (Å²) in [5.74, 6) is 0.733. The van der Waals surface area contributed by atoms with Gasteiger partial charge >= 0.3 is 0 Å². The molecule has 2 aromatic rings. The van der Waals surface area contributed by atoms with Crippen molar-refractivity contribution in [2.45, 2.75) is 32.8 Å². The van der Waals surface area contributed by atoms with Crippen molar-refractivity contribution >= 4 is 0 Å². The van der Waals surface area contributed by atoms with Gasteiger partial charge in [-0.2, -0.15) is 0 Å². The molecule has 1 heteroatoms. The lowest BCUT2D eigenvalue weighted by Gasteiger charge is -2.19. The molecule has 0 fully saturated rings. The smallest absolute Gasteiger partial charge is 0.119 e. The lowest BCUT2D eigenvalue weighted by molar-refractivity contribution is 0.306. The first-order valence-electron chi connectivity index (χ1n) is 6.79. The van der Waals surface area contributed by atoms with Crippen LogP contribution in [-0.4, -0.2) is 0 Å². The normalized spacial score (nSPS) is 13.8. The second-order valence-electron chi connectivity index (χ2n) is 5.42. The molecule has 0 heterocycles. The van der Waals surface area contributed by atoms with Gasteiger partial charge in [0.05, 0.1) is 1.37 Å². The van der Waals surface area contributed by atoms with Crippen molar-refractivity contribution in [3.63, 3.8) is 0 Å². The number of ether oxygens (including phenoxy) is 1. The zero-order valence-corrected chi connectivity index (χ0v) is 11.2. The second kappa shape index (κ2) is 5.26. The van der Waals surface area contributed by atoms with E-state index in [-0.39, 0.29) is 5.41 Å². The van der Waals surface area contributed by atoms with Gasteiger partial charge in [0.15, 0.2) is 0 Å². The van der Waals surface area contributed by atoms with Gasteiger partial charge in [0.2, 0.25) is 0 Å². The third-order valence-corrected chi connectivity index (χ3v) is 2.85. The average molecular weight is 241 g/mol. The first-order valence-corrected chi connectivity index (χ1v) is 6.21. The molecular weight excluding hydrogens is 220 g/mol. The fourth-order valence-electron chi connectivity index (χ4n) is 1.70. The van der Waals surface area contributed by atoms with Crippen molar-refractivity contribution in [3.8, 4) is 5.75 Å². The molecule has 0 spiro atoms. The second-order valence-corrected chi connectivity index (χ2v) is 5.42. The zero-order valence-electron chi connectivity index (χ0n) is 12.2. The fourth-order valence-corrected chi connectivity index (χ4v) is 1.70. The van der Waals surface area contributed by atoms with Crippen LogP contribution in [0.2, 0.25) is 0 Å². The summed E-state index contributed by atoms with van der Waals surface area (Å²) in [6, 6.07) is 17.6. The molecular formula is C17H20O. The lowest BCUT2D eigenvalue weighted by atomic mass is 9.87. The molecule has 0 aliphatic heterocycles. The topological polar surface area (TPSA) is 9.23 Å². The van der Waals surface area contributed by atoms with Crippen molar-refractivity contribution in [1.82, 2.24) is 0 Å². The van der Waals surface area contributed by atoms with Crippen LogP contribution >= 0.6 is 0 Å². The van der Waals surface area contributed by atoms with E-state index in [1.807, 2.05) is 42.5 Å². The maximum atomic E-state index is 8.00. The van der Waals surface area contributed by atoms with Crippen LogP contribution in [0.15, 0.2) is 54.6 Å². The van der Waals surface area contributed by atoms with E-state index >= 15 is 0 Å². The third kappa shape index (κ3) is 3.36. The summed E-state index contributed by atoms with van der Waals surface area (Å²) in [5, 5.41) is 0. The Hall–Kier alpha value is -1.76. The summed E-state index contributed by atoms with van der Waals surface area (Å²) in [7, 11) is 0. The quantitative estimate of drug-likeness (QED) is 0.765. The summed E-state index contributed by atoms with van der Waals surface area (Å²) < 4.78 is 13.6. The molecule has 0 N–H and O–H groups in total. The molecule has 2 rings (SSSR count). The first-order chi connectivity index (χ1) is 8.97. The lowest BCUT2D eigenvalue weighted by Crippen LogP contribution is -2.10. The SMILES string of the molecule is [2H]C(Oc1ccc(C(C)(C)C)cc1)c1ccccc1. The van der Waals surface area contributed by atoms with Crippen LogP contribution in [0.3, 0.4) is 0 Å². The van der Waals surface area contributed by atoms with E-state index in [0.717, 1.165) is 11.3 Å².